The molecule has 0 radical (unpaired) electrons. The molecule has 1 aromatic carbocycles. The predicted octanol–water partition coefficient (Wildman–Crippen LogP) is 3.33. The molecule has 2 N–H and O–H groups in total. The molecule has 0 unspecified atom stereocenters. The van der Waals surface area contributed by atoms with Crippen LogP contribution in [-0.4, -0.2) is 23.9 Å². The minimum atomic E-state index is 0.0110. The molecule has 1 amide bonds. The van der Waals surface area contributed by atoms with E-state index in [0.29, 0.717) is 16.3 Å². The summed E-state index contributed by atoms with van der Waals surface area (Å²) < 4.78 is 0. The van der Waals surface area contributed by atoms with E-state index in [2.05, 4.69) is 0 Å². The number of halogens is 1. The van der Waals surface area contributed by atoms with Crippen molar-refractivity contribution in [1.82, 2.24) is 4.90 Å². The van der Waals surface area contributed by atoms with Gasteiger partial charge in [0.1, 0.15) is 0 Å². The van der Waals surface area contributed by atoms with E-state index >= 15 is 0 Å². The number of anilines is 1. The summed E-state index contributed by atoms with van der Waals surface area (Å²) in [4.78, 5) is 14.3. The average molecular weight is 267 g/mol. The molecule has 0 spiro atoms. The Morgan fingerprint density at radius 2 is 1.72 bits per heavy atom. The van der Waals surface area contributed by atoms with Crippen molar-refractivity contribution < 1.29 is 4.79 Å². The van der Waals surface area contributed by atoms with E-state index in [9.17, 15) is 4.79 Å². The summed E-state index contributed by atoms with van der Waals surface area (Å²) in [5.41, 5.74) is 6.90. The van der Waals surface area contributed by atoms with E-state index in [4.69, 9.17) is 17.3 Å². The van der Waals surface area contributed by atoms with Crippen molar-refractivity contribution in [3.8, 4) is 0 Å². The highest BCUT2D eigenvalue weighted by Gasteiger charge is 2.18. The molecule has 1 aliphatic heterocycles. The topological polar surface area (TPSA) is 46.3 Å². The molecule has 1 aromatic rings. The first kappa shape index (κ1) is 13.2. The van der Waals surface area contributed by atoms with Gasteiger partial charge in [-0.15, -0.1) is 0 Å². The summed E-state index contributed by atoms with van der Waals surface area (Å²) in [5, 5.41) is 0.555. The zero-order chi connectivity index (χ0) is 13.0. The predicted molar refractivity (Wildman–Crippen MR) is 74.9 cm³/mol. The highest BCUT2D eigenvalue weighted by molar-refractivity contribution is 6.31. The highest BCUT2D eigenvalue weighted by atomic mass is 35.5. The van der Waals surface area contributed by atoms with Crippen molar-refractivity contribution in [1.29, 1.82) is 0 Å². The standard InChI is InChI=1S/C14H19ClN2O/c15-11-6-7-13(16)12(10-11)14(18)17-8-4-2-1-3-5-9-17/h6-7,10H,1-5,8-9,16H2. The minimum absolute atomic E-state index is 0.0110. The summed E-state index contributed by atoms with van der Waals surface area (Å²) in [6.07, 6.45) is 5.84. The second kappa shape index (κ2) is 6.10. The molecule has 0 saturated carbocycles. The number of nitrogen functional groups attached to an aromatic ring is 1. The van der Waals surface area contributed by atoms with E-state index in [1.165, 1.54) is 19.3 Å². The third-order valence-electron chi connectivity index (χ3n) is 3.39. The molecule has 1 aliphatic rings. The van der Waals surface area contributed by atoms with Crippen molar-refractivity contribution in [2.45, 2.75) is 32.1 Å². The van der Waals surface area contributed by atoms with Crippen LogP contribution in [0.1, 0.15) is 42.5 Å². The quantitative estimate of drug-likeness (QED) is 0.793. The lowest BCUT2D eigenvalue weighted by Gasteiger charge is -2.25. The van der Waals surface area contributed by atoms with Gasteiger partial charge in [0.05, 0.1) is 5.56 Å². The molecular formula is C14H19ClN2O. The van der Waals surface area contributed by atoms with Gasteiger partial charge < -0.3 is 10.6 Å². The Hall–Kier alpha value is -1.22. The van der Waals surface area contributed by atoms with Crippen LogP contribution in [0.5, 0.6) is 0 Å². The first-order valence-electron chi connectivity index (χ1n) is 6.53. The van der Waals surface area contributed by atoms with Crippen LogP contribution in [0.15, 0.2) is 18.2 Å². The van der Waals surface area contributed by atoms with Gasteiger partial charge in [-0.2, -0.15) is 0 Å². The lowest BCUT2D eigenvalue weighted by Crippen LogP contribution is -2.34. The van der Waals surface area contributed by atoms with Gasteiger partial charge in [0.15, 0.2) is 0 Å². The Morgan fingerprint density at radius 3 is 2.39 bits per heavy atom. The van der Waals surface area contributed by atoms with Gasteiger partial charge in [-0.1, -0.05) is 30.9 Å². The van der Waals surface area contributed by atoms with Gasteiger partial charge in [0, 0.05) is 23.8 Å². The first-order chi connectivity index (χ1) is 8.68. The fourth-order valence-electron chi connectivity index (χ4n) is 2.33. The molecule has 0 bridgehead atoms. The number of likely N-dealkylation sites (tertiary alicyclic amines) is 1. The fraction of sp³-hybridized carbons (Fsp3) is 0.500. The molecule has 1 fully saturated rings. The Labute approximate surface area is 113 Å². The maximum absolute atomic E-state index is 12.4. The zero-order valence-corrected chi connectivity index (χ0v) is 11.2. The van der Waals surface area contributed by atoms with Gasteiger partial charge in [-0.05, 0) is 31.0 Å². The molecule has 2 rings (SSSR count). The molecule has 0 aliphatic carbocycles. The van der Waals surface area contributed by atoms with Crippen LogP contribution in [0.2, 0.25) is 5.02 Å². The third-order valence-corrected chi connectivity index (χ3v) is 3.62. The number of benzene rings is 1. The van der Waals surface area contributed by atoms with Gasteiger partial charge in [0.25, 0.3) is 5.91 Å². The van der Waals surface area contributed by atoms with Gasteiger partial charge in [0.2, 0.25) is 0 Å². The van der Waals surface area contributed by atoms with Crippen molar-refractivity contribution in [2.75, 3.05) is 18.8 Å². The van der Waals surface area contributed by atoms with Gasteiger partial charge in [-0.3, -0.25) is 4.79 Å². The average Bonchev–Trinajstić information content (AvgIpc) is 2.31. The van der Waals surface area contributed by atoms with E-state index in [0.717, 1.165) is 25.9 Å². The van der Waals surface area contributed by atoms with Crippen LogP contribution < -0.4 is 5.73 Å². The van der Waals surface area contributed by atoms with Crippen LogP contribution in [-0.2, 0) is 0 Å². The maximum atomic E-state index is 12.4. The van der Waals surface area contributed by atoms with Gasteiger partial charge in [-0.25, -0.2) is 0 Å². The molecule has 98 valence electrons. The van der Waals surface area contributed by atoms with Crippen molar-refractivity contribution in [2.24, 2.45) is 0 Å². The van der Waals surface area contributed by atoms with Crippen LogP contribution in [0.4, 0.5) is 5.69 Å². The first-order valence-corrected chi connectivity index (χ1v) is 6.90. The normalized spacial score (nSPS) is 17.1. The maximum Gasteiger partial charge on any atom is 0.255 e. The van der Waals surface area contributed by atoms with Crippen molar-refractivity contribution in [3.05, 3.63) is 28.8 Å². The smallest absolute Gasteiger partial charge is 0.255 e. The van der Waals surface area contributed by atoms with E-state index in [-0.39, 0.29) is 5.91 Å². The Morgan fingerprint density at radius 1 is 1.11 bits per heavy atom. The number of nitrogens with two attached hydrogens (primary N) is 1. The molecule has 1 heterocycles. The highest BCUT2D eigenvalue weighted by Crippen LogP contribution is 2.21. The molecule has 0 aromatic heterocycles. The fourth-order valence-corrected chi connectivity index (χ4v) is 2.51. The van der Waals surface area contributed by atoms with Gasteiger partial charge >= 0.3 is 0 Å². The number of carbonyl (C=O) groups is 1. The molecular weight excluding hydrogens is 248 g/mol. The van der Waals surface area contributed by atoms with Crippen LogP contribution >= 0.6 is 11.6 Å². The van der Waals surface area contributed by atoms with Crippen molar-refractivity contribution >= 4 is 23.2 Å². The van der Waals surface area contributed by atoms with Crippen molar-refractivity contribution in [3.63, 3.8) is 0 Å². The second-order valence-electron chi connectivity index (χ2n) is 4.79. The summed E-state index contributed by atoms with van der Waals surface area (Å²) in [6.45, 7) is 1.65. The monoisotopic (exact) mass is 266 g/mol. The van der Waals surface area contributed by atoms with Crippen LogP contribution in [0.3, 0.4) is 0 Å². The Bertz CT molecular complexity index is 426. The molecule has 3 nitrogen and oxygen atoms in total. The number of amides is 1. The van der Waals surface area contributed by atoms with E-state index < -0.39 is 0 Å². The third kappa shape index (κ3) is 3.16. The lowest BCUT2D eigenvalue weighted by atomic mass is 10.1. The molecule has 0 atom stereocenters. The second-order valence-corrected chi connectivity index (χ2v) is 5.23. The minimum Gasteiger partial charge on any atom is -0.398 e. The number of nitrogens with zero attached hydrogens (tertiary/aromatic N) is 1. The SMILES string of the molecule is Nc1ccc(Cl)cc1C(=O)N1CCCCCCC1. The van der Waals surface area contributed by atoms with E-state index in [1.54, 1.807) is 18.2 Å². The largest absolute Gasteiger partial charge is 0.398 e. The summed E-state index contributed by atoms with van der Waals surface area (Å²) >= 11 is 5.93. The van der Waals surface area contributed by atoms with E-state index in [1.807, 2.05) is 4.90 Å². The number of carbonyl (C=O) groups excluding carboxylic acids is 1. The molecule has 18 heavy (non-hydrogen) atoms. The Kier molecular flexibility index (Phi) is 4.48. The summed E-state index contributed by atoms with van der Waals surface area (Å²) in [5.74, 6) is 0.0110. The van der Waals surface area contributed by atoms with Crippen LogP contribution in [0.25, 0.3) is 0 Å². The molecule has 1 saturated heterocycles. The van der Waals surface area contributed by atoms with Crippen LogP contribution in [0, 0.1) is 0 Å². The Balaban J connectivity index is 2.15. The number of rotatable bonds is 1. The summed E-state index contributed by atoms with van der Waals surface area (Å²) in [6, 6.07) is 5.07. The number of hydrogen-bond donors (Lipinski definition) is 1. The summed E-state index contributed by atoms with van der Waals surface area (Å²) in [7, 11) is 0. The molecule has 4 heteroatoms. The zero-order valence-electron chi connectivity index (χ0n) is 10.5. The lowest BCUT2D eigenvalue weighted by molar-refractivity contribution is 0.0743. The number of hydrogen-bond acceptors (Lipinski definition) is 2.